The highest BCUT2D eigenvalue weighted by Gasteiger charge is 2.33. The molecule has 3 aromatic carbocycles. The fourth-order valence-corrected chi connectivity index (χ4v) is 5.78. The maximum atomic E-state index is 14.1. The van der Waals surface area contributed by atoms with Gasteiger partial charge in [-0.25, -0.2) is 8.42 Å². The van der Waals surface area contributed by atoms with Crippen LogP contribution in [0.1, 0.15) is 38.8 Å². The number of ether oxygens (including phenoxy) is 1. The average Bonchev–Trinajstić information content (AvgIpc) is 2.93. The summed E-state index contributed by atoms with van der Waals surface area (Å²) in [5.74, 6) is -0.320. The summed E-state index contributed by atoms with van der Waals surface area (Å²) < 4.78 is 34.8. The first-order valence-electron chi connectivity index (χ1n) is 13.6. The van der Waals surface area contributed by atoms with Gasteiger partial charge in [-0.05, 0) is 68.7 Å². The fourth-order valence-electron chi connectivity index (χ4n) is 4.23. The van der Waals surface area contributed by atoms with Crippen LogP contribution < -0.4 is 14.4 Å². The normalized spacial score (nSPS) is 12.1. The second kappa shape index (κ2) is 14.4. The number of hydrogen-bond acceptors (Lipinski definition) is 5. The van der Waals surface area contributed by atoms with E-state index in [9.17, 15) is 18.0 Å². The number of anilines is 1. The van der Waals surface area contributed by atoms with Gasteiger partial charge in [-0.2, -0.15) is 0 Å². The Morgan fingerprint density at radius 1 is 0.976 bits per heavy atom. The molecule has 0 saturated carbocycles. The zero-order valence-electron chi connectivity index (χ0n) is 24.1. The number of nitrogens with one attached hydrogen (secondary N) is 1. The number of nitrogens with zero attached hydrogens (tertiary/aromatic N) is 2. The van der Waals surface area contributed by atoms with Crippen LogP contribution in [0.5, 0.6) is 5.75 Å². The van der Waals surface area contributed by atoms with E-state index in [1.165, 1.54) is 29.2 Å². The van der Waals surface area contributed by atoms with Crippen molar-refractivity contribution >= 4 is 39.1 Å². The molecule has 0 radical (unpaired) electrons. The highest BCUT2D eigenvalue weighted by molar-refractivity contribution is 7.92. The minimum absolute atomic E-state index is 0.0334. The van der Waals surface area contributed by atoms with Gasteiger partial charge in [-0.15, -0.1) is 0 Å². The summed E-state index contributed by atoms with van der Waals surface area (Å²) >= 11 is 6.02. The average molecular weight is 600 g/mol. The summed E-state index contributed by atoms with van der Waals surface area (Å²) in [6, 6.07) is 19.2. The lowest BCUT2D eigenvalue weighted by Crippen LogP contribution is -2.51. The van der Waals surface area contributed by atoms with Gasteiger partial charge in [-0.3, -0.25) is 13.9 Å². The molecule has 0 aliphatic carbocycles. The van der Waals surface area contributed by atoms with Crippen molar-refractivity contribution in [2.24, 2.45) is 5.92 Å². The lowest BCUT2D eigenvalue weighted by molar-refractivity contribution is -0.139. The van der Waals surface area contributed by atoms with Gasteiger partial charge in [0.05, 0.1) is 17.2 Å². The Hall–Kier alpha value is -3.56. The van der Waals surface area contributed by atoms with E-state index in [1.54, 1.807) is 38.1 Å². The lowest BCUT2D eigenvalue weighted by Gasteiger charge is -2.32. The molecule has 3 aromatic rings. The van der Waals surface area contributed by atoms with E-state index in [2.05, 4.69) is 5.32 Å². The third-order valence-corrected chi connectivity index (χ3v) is 8.43. The fraction of sp³-hybridized carbons (Fsp3) is 0.355. The molecule has 0 bridgehead atoms. The predicted octanol–water partition coefficient (Wildman–Crippen LogP) is 5.43. The van der Waals surface area contributed by atoms with Crippen LogP contribution in [0.3, 0.4) is 0 Å². The maximum Gasteiger partial charge on any atom is 0.264 e. The van der Waals surface area contributed by atoms with Gasteiger partial charge in [0, 0.05) is 18.1 Å². The van der Waals surface area contributed by atoms with Gasteiger partial charge in [0.15, 0.2) is 0 Å². The standard InChI is InChI=1S/C31H38ClN3O5S/c1-6-40-29-13-8-7-12-28(29)35(41(38,39)27-16-14-26(32)15-17-27)21-30(36)34(20-25-11-9-10-23(4)18-25)24(5)31(37)33-19-22(2)3/h7-18,22,24H,6,19-21H2,1-5H3,(H,33,37)/t24-/m1/s1. The van der Waals surface area contributed by atoms with Gasteiger partial charge >= 0.3 is 0 Å². The van der Waals surface area contributed by atoms with E-state index in [4.69, 9.17) is 16.3 Å². The van der Waals surface area contributed by atoms with Crippen molar-refractivity contribution < 1.29 is 22.7 Å². The molecule has 0 unspecified atom stereocenters. The number of aryl methyl sites for hydroxylation is 1. The van der Waals surface area contributed by atoms with Gasteiger partial charge in [0.1, 0.15) is 18.3 Å². The maximum absolute atomic E-state index is 14.1. The van der Waals surface area contributed by atoms with Crippen molar-refractivity contribution in [2.45, 2.75) is 52.1 Å². The summed E-state index contributed by atoms with van der Waals surface area (Å²) in [6.07, 6.45) is 0. The third kappa shape index (κ3) is 8.47. The molecule has 0 aliphatic heterocycles. The monoisotopic (exact) mass is 599 g/mol. The van der Waals surface area contributed by atoms with Crippen LogP contribution in [-0.2, 0) is 26.2 Å². The number of sulfonamides is 1. The summed E-state index contributed by atoms with van der Waals surface area (Å²) in [4.78, 5) is 28.6. The van der Waals surface area contributed by atoms with Crippen LogP contribution >= 0.6 is 11.6 Å². The van der Waals surface area contributed by atoms with Crippen LogP contribution in [0.4, 0.5) is 5.69 Å². The molecular formula is C31H38ClN3O5S. The van der Waals surface area contributed by atoms with Crippen LogP contribution in [0.25, 0.3) is 0 Å². The van der Waals surface area contributed by atoms with Crippen LogP contribution in [0.15, 0.2) is 77.7 Å². The van der Waals surface area contributed by atoms with Gasteiger partial charge < -0.3 is 15.0 Å². The summed E-state index contributed by atoms with van der Waals surface area (Å²) in [5.41, 5.74) is 2.04. The molecule has 220 valence electrons. The molecule has 1 atom stereocenters. The zero-order valence-corrected chi connectivity index (χ0v) is 25.7. The Kier molecular flexibility index (Phi) is 11.2. The Labute approximate surface area is 248 Å². The Morgan fingerprint density at radius 3 is 2.29 bits per heavy atom. The number of rotatable bonds is 13. The van der Waals surface area contributed by atoms with E-state index < -0.39 is 28.5 Å². The molecule has 41 heavy (non-hydrogen) atoms. The van der Waals surface area contributed by atoms with E-state index in [0.29, 0.717) is 23.9 Å². The predicted molar refractivity (Wildman–Crippen MR) is 163 cm³/mol. The molecule has 2 amide bonds. The van der Waals surface area contributed by atoms with Crippen LogP contribution in [0, 0.1) is 12.8 Å². The number of para-hydroxylation sites is 2. The minimum Gasteiger partial charge on any atom is -0.492 e. The molecule has 0 heterocycles. The van der Waals surface area contributed by atoms with Crippen LogP contribution in [0.2, 0.25) is 5.02 Å². The molecule has 0 spiro atoms. The number of hydrogen-bond donors (Lipinski definition) is 1. The number of amides is 2. The van der Waals surface area contributed by atoms with E-state index in [1.807, 2.05) is 45.0 Å². The molecule has 1 N–H and O–H groups in total. The number of carbonyl (C=O) groups is 2. The second-order valence-corrected chi connectivity index (χ2v) is 12.5. The molecule has 0 aromatic heterocycles. The Bertz CT molecular complexity index is 1440. The molecule has 8 nitrogen and oxygen atoms in total. The van der Waals surface area contributed by atoms with E-state index >= 15 is 0 Å². The lowest BCUT2D eigenvalue weighted by atomic mass is 10.1. The highest BCUT2D eigenvalue weighted by atomic mass is 35.5. The summed E-state index contributed by atoms with van der Waals surface area (Å²) in [6.45, 7) is 9.67. The summed E-state index contributed by atoms with van der Waals surface area (Å²) in [5, 5.41) is 3.27. The summed E-state index contributed by atoms with van der Waals surface area (Å²) in [7, 11) is -4.24. The largest absolute Gasteiger partial charge is 0.492 e. The molecule has 10 heteroatoms. The van der Waals surface area contributed by atoms with Crippen molar-refractivity contribution in [3.8, 4) is 5.75 Å². The zero-order chi connectivity index (χ0) is 30.2. The van der Waals surface area contributed by atoms with E-state index in [0.717, 1.165) is 15.4 Å². The third-order valence-electron chi connectivity index (χ3n) is 6.40. The SMILES string of the molecule is CCOc1ccccc1N(CC(=O)N(Cc1cccc(C)c1)[C@H](C)C(=O)NCC(C)C)S(=O)(=O)c1ccc(Cl)cc1. The first-order valence-corrected chi connectivity index (χ1v) is 15.4. The number of halogens is 1. The Balaban J connectivity index is 2.07. The second-order valence-electron chi connectivity index (χ2n) is 10.2. The minimum atomic E-state index is -4.24. The molecule has 0 fully saturated rings. The smallest absolute Gasteiger partial charge is 0.264 e. The highest BCUT2D eigenvalue weighted by Crippen LogP contribution is 2.33. The van der Waals surface area contributed by atoms with Crippen molar-refractivity contribution in [2.75, 3.05) is 24.0 Å². The van der Waals surface area contributed by atoms with E-state index in [-0.39, 0.29) is 29.0 Å². The topological polar surface area (TPSA) is 96.0 Å². The number of carbonyl (C=O) groups excluding carboxylic acids is 2. The van der Waals surface area contributed by atoms with Gasteiger partial charge in [0.25, 0.3) is 10.0 Å². The molecule has 0 saturated heterocycles. The molecule has 3 rings (SSSR count). The van der Waals surface area contributed by atoms with Crippen LogP contribution in [-0.4, -0.2) is 50.9 Å². The first-order chi connectivity index (χ1) is 19.4. The first kappa shape index (κ1) is 32.0. The quantitative estimate of drug-likeness (QED) is 0.283. The van der Waals surface area contributed by atoms with Crippen molar-refractivity contribution in [3.05, 3.63) is 88.9 Å². The van der Waals surface area contributed by atoms with Gasteiger partial charge in [0.2, 0.25) is 11.8 Å². The molecular weight excluding hydrogens is 562 g/mol. The van der Waals surface area contributed by atoms with Gasteiger partial charge in [-0.1, -0.05) is 67.4 Å². The number of benzene rings is 3. The van der Waals surface area contributed by atoms with Crippen molar-refractivity contribution in [1.29, 1.82) is 0 Å². The van der Waals surface area contributed by atoms with Crippen molar-refractivity contribution in [1.82, 2.24) is 10.2 Å². The van der Waals surface area contributed by atoms with Crippen molar-refractivity contribution in [3.63, 3.8) is 0 Å². The molecule has 0 aliphatic rings. The Morgan fingerprint density at radius 2 is 1.66 bits per heavy atom.